The maximum absolute atomic E-state index is 12.5. The number of hydrogen-bond acceptors (Lipinski definition) is 3. The van der Waals surface area contributed by atoms with Gasteiger partial charge >= 0.3 is 0 Å². The van der Waals surface area contributed by atoms with Crippen molar-refractivity contribution in [1.82, 2.24) is 4.31 Å². The lowest BCUT2D eigenvalue weighted by Gasteiger charge is -2.22. The summed E-state index contributed by atoms with van der Waals surface area (Å²) in [5, 5.41) is 0. The van der Waals surface area contributed by atoms with Crippen molar-refractivity contribution in [2.24, 2.45) is 0 Å². The molecule has 0 atom stereocenters. The topological polar surface area (TPSA) is 63.4 Å². The van der Waals surface area contributed by atoms with E-state index >= 15 is 0 Å². The summed E-state index contributed by atoms with van der Waals surface area (Å²) >= 11 is 0. The fourth-order valence-corrected chi connectivity index (χ4v) is 3.65. The Balaban J connectivity index is 3.32. The summed E-state index contributed by atoms with van der Waals surface area (Å²) in [6, 6.07) is 5.10. The molecule has 1 aromatic carbocycles. The average Bonchev–Trinajstić information content (AvgIpc) is 2.24. The molecule has 0 aliphatic heterocycles. The minimum absolute atomic E-state index is 0.202. The molecule has 0 heterocycles. The third-order valence-electron chi connectivity index (χ3n) is 2.64. The molecule has 4 nitrogen and oxygen atoms in total. The van der Waals surface area contributed by atoms with Gasteiger partial charge in [0.2, 0.25) is 10.0 Å². The second-order valence-electron chi connectivity index (χ2n) is 4.38. The summed E-state index contributed by atoms with van der Waals surface area (Å²) in [7, 11) is -3.56. The monoisotopic (exact) mass is 268 g/mol. The summed E-state index contributed by atoms with van der Waals surface area (Å²) in [4.78, 5) is 0.202. The standard InChI is InChI=1S/C13H20N2O2S/c1-5-15(9-10(2)3)18(16,17)13-11(4)7-6-8-12(13)14/h6-8H,2,5,9,14H2,1,3-4H3. The van der Waals surface area contributed by atoms with E-state index in [4.69, 9.17) is 5.73 Å². The SMILES string of the molecule is C=C(C)CN(CC)S(=O)(=O)c1c(C)cccc1N. The lowest BCUT2D eigenvalue weighted by atomic mass is 10.2. The molecular formula is C13H20N2O2S. The summed E-state index contributed by atoms with van der Waals surface area (Å²) in [6.07, 6.45) is 0. The van der Waals surface area contributed by atoms with Crippen LogP contribution in [0.5, 0.6) is 0 Å². The van der Waals surface area contributed by atoms with Gasteiger partial charge in [-0.15, -0.1) is 0 Å². The van der Waals surface area contributed by atoms with E-state index in [0.29, 0.717) is 18.7 Å². The van der Waals surface area contributed by atoms with Gasteiger partial charge in [0.05, 0.1) is 5.69 Å². The van der Waals surface area contributed by atoms with E-state index in [0.717, 1.165) is 5.57 Å². The molecule has 0 aromatic heterocycles. The summed E-state index contributed by atoms with van der Waals surface area (Å²) in [5.74, 6) is 0. The number of nitrogens with zero attached hydrogens (tertiary/aromatic N) is 1. The molecule has 100 valence electrons. The van der Waals surface area contributed by atoms with Gasteiger partial charge in [-0.25, -0.2) is 8.42 Å². The Hall–Kier alpha value is -1.33. The molecule has 0 amide bonds. The number of sulfonamides is 1. The van der Waals surface area contributed by atoms with Crippen LogP contribution in [0.4, 0.5) is 5.69 Å². The van der Waals surface area contributed by atoms with Crippen LogP contribution < -0.4 is 5.73 Å². The summed E-state index contributed by atoms with van der Waals surface area (Å²) in [6.45, 7) is 9.81. The van der Waals surface area contributed by atoms with Crippen LogP contribution in [0.1, 0.15) is 19.4 Å². The number of nitrogen functional groups attached to an aromatic ring is 1. The van der Waals surface area contributed by atoms with Crippen LogP contribution in [0.15, 0.2) is 35.2 Å². The number of aryl methyl sites for hydroxylation is 1. The zero-order valence-electron chi connectivity index (χ0n) is 11.1. The minimum Gasteiger partial charge on any atom is -0.398 e. The van der Waals surface area contributed by atoms with Gasteiger partial charge in [-0.2, -0.15) is 4.31 Å². The highest BCUT2D eigenvalue weighted by Gasteiger charge is 2.26. The molecule has 0 saturated carbocycles. The normalized spacial score (nSPS) is 11.8. The van der Waals surface area contributed by atoms with Crippen LogP contribution in [-0.4, -0.2) is 25.8 Å². The van der Waals surface area contributed by atoms with Gasteiger partial charge in [0, 0.05) is 13.1 Å². The number of anilines is 1. The Kier molecular flexibility index (Phi) is 4.53. The third-order valence-corrected chi connectivity index (χ3v) is 4.78. The molecule has 2 N–H and O–H groups in total. The minimum atomic E-state index is -3.56. The zero-order valence-corrected chi connectivity index (χ0v) is 11.9. The van der Waals surface area contributed by atoms with Crippen LogP contribution in [0, 0.1) is 6.92 Å². The smallest absolute Gasteiger partial charge is 0.245 e. The van der Waals surface area contributed by atoms with Gasteiger partial charge in [0.25, 0.3) is 0 Å². The van der Waals surface area contributed by atoms with Crippen molar-refractivity contribution >= 4 is 15.7 Å². The van der Waals surface area contributed by atoms with Gasteiger partial charge in [0.1, 0.15) is 4.90 Å². The Morgan fingerprint density at radius 3 is 2.50 bits per heavy atom. The van der Waals surface area contributed by atoms with Crippen LogP contribution in [0.2, 0.25) is 0 Å². The van der Waals surface area contributed by atoms with Crippen LogP contribution in [0.3, 0.4) is 0 Å². The van der Waals surface area contributed by atoms with E-state index in [1.54, 1.807) is 39.0 Å². The quantitative estimate of drug-likeness (QED) is 0.657. The van der Waals surface area contributed by atoms with E-state index in [2.05, 4.69) is 6.58 Å². The lowest BCUT2D eigenvalue weighted by Crippen LogP contribution is -2.33. The molecular weight excluding hydrogens is 248 g/mol. The number of likely N-dealkylation sites (N-methyl/N-ethyl adjacent to an activating group) is 1. The first kappa shape index (κ1) is 14.7. The number of rotatable bonds is 5. The second kappa shape index (κ2) is 5.54. The Bertz CT molecular complexity index is 530. The number of nitrogens with two attached hydrogens (primary N) is 1. The van der Waals surface area contributed by atoms with E-state index < -0.39 is 10.0 Å². The highest BCUT2D eigenvalue weighted by atomic mass is 32.2. The van der Waals surface area contributed by atoms with Crippen LogP contribution in [-0.2, 0) is 10.0 Å². The number of benzene rings is 1. The lowest BCUT2D eigenvalue weighted by molar-refractivity contribution is 0.453. The van der Waals surface area contributed by atoms with Crippen LogP contribution >= 0.6 is 0 Å². The molecule has 0 aliphatic carbocycles. The van der Waals surface area contributed by atoms with Crippen molar-refractivity contribution in [3.05, 3.63) is 35.9 Å². The van der Waals surface area contributed by atoms with Gasteiger partial charge in [-0.3, -0.25) is 0 Å². The van der Waals surface area contributed by atoms with Crippen molar-refractivity contribution in [3.8, 4) is 0 Å². The van der Waals surface area contributed by atoms with Crippen molar-refractivity contribution in [2.75, 3.05) is 18.8 Å². The fraction of sp³-hybridized carbons (Fsp3) is 0.385. The maximum Gasteiger partial charge on any atom is 0.245 e. The molecule has 0 fully saturated rings. The molecule has 0 spiro atoms. The van der Waals surface area contributed by atoms with Crippen LogP contribution in [0.25, 0.3) is 0 Å². The molecule has 5 heteroatoms. The first-order valence-electron chi connectivity index (χ1n) is 5.80. The zero-order chi connectivity index (χ0) is 13.9. The Morgan fingerprint density at radius 2 is 2.06 bits per heavy atom. The van der Waals surface area contributed by atoms with Gasteiger partial charge in [-0.1, -0.05) is 31.2 Å². The van der Waals surface area contributed by atoms with Crippen molar-refractivity contribution in [1.29, 1.82) is 0 Å². The highest BCUT2D eigenvalue weighted by molar-refractivity contribution is 7.89. The molecule has 1 aromatic rings. The third kappa shape index (κ3) is 2.91. The average molecular weight is 268 g/mol. The molecule has 0 saturated heterocycles. The van der Waals surface area contributed by atoms with Gasteiger partial charge in [0.15, 0.2) is 0 Å². The fourth-order valence-electron chi connectivity index (χ4n) is 1.82. The first-order valence-corrected chi connectivity index (χ1v) is 7.24. The molecule has 1 rings (SSSR count). The Morgan fingerprint density at radius 1 is 1.44 bits per heavy atom. The van der Waals surface area contributed by atoms with Crippen molar-refractivity contribution in [3.63, 3.8) is 0 Å². The first-order chi connectivity index (χ1) is 8.30. The van der Waals surface area contributed by atoms with E-state index in [1.165, 1.54) is 4.31 Å². The van der Waals surface area contributed by atoms with E-state index in [-0.39, 0.29) is 10.6 Å². The molecule has 0 bridgehead atoms. The Labute approximate surface area is 109 Å². The predicted octanol–water partition coefficient (Wildman–Crippen LogP) is 2.16. The maximum atomic E-state index is 12.5. The molecule has 0 unspecified atom stereocenters. The largest absolute Gasteiger partial charge is 0.398 e. The molecule has 18 heavy (non-hydrogen) atoms. The van der Waals surface area contributed by atoms with Gasteiger partial charge < -0.3 is 5.73 Å². The highest BCUT2D eigenvalue weighted by Crippen LogP contribution is 2.26. The summed E-state index contributed by atoms with van der Waals surface area (Å²) < 4.78 is 26.5. The molecule has 0 radical (unpaired) electrons. The molecule has 0 aliphatic rings. The predicted molar refractivity (Wildman–Crippen MR) is 74.8 cm³/mol. The van der Waals surface area contributed by atoms with Crippen molar-refractivity contribution < 1.29 is 8.42 Å². The number of hydrogen-bond donors (Lipinski definition) is 1. The summed E-state index contributed by atoms with van der Waals surface area (Å²) in [5.41, 5.74) is 7.55. The van der Waals surface area contributed by atoms with E-state index in [1.807, 2.05) is 0 Å². The van der Waals surface area contributed by atoms with Gasteiger partial charge in [-0.05, 0) is 25.5 Å². The second-order valence-corrected chi connectivity index (χ2v) is 6.26. The van der Waals surface area contributed by atoms with E-state index in [9.17, 15) is 8.42 Å². The van der Waals surface area contributed by atoms with Crippen molar-refractivity contribution in [2.45, 2.75) is 25.7 Å².